The van der Waals surface area contributed by atoms with E-state index in [1.54, 1.807) is 48.5 Å². The number of pyridine rings is 1. The molecule has 0 unspecified atom stereocenters. The molecule has 0 fully saturated rings. The van der Waals surface area contributed by atoms with Crippen LogP contribution in [0.4, 0.5) is 32.0 Å². The first kappa shape index (κ1) is 27.0. The fraction of sp³-hybridized carbons (Fsp3) is 0.214. The monoisotopic (exact) mass is 532 g/mol. The number of hydrogen-bond acceptors (Lipinski definition) is 3. The zero-order valence-corrected chi connectivity index (χ0v) is 20.2. The van der Waals surface area contributed by atoms with E-state index in [0.717, 1.165) is 0 Å². The molecule has 10 heteroatoms. The molecule has 0 aliphatic rings. The summed E-state index contributed by atoms with van der Waals surface area (Å²) in [4.78, 5) is 17.8. The molecule has 4 aromatic rings. The van der Waals surface area contributed by atoms with Crippen molar-refractivity contribution in [1.82, 2.24) is 4.98 Å². The molecule has 0 bridgehead atoms. The number of fused-ring (bicyclic) bond motifs is 1. The first-order valence-electron chi connectivity index (χ1n) is 11.5. The van der Waals surface area contributed by atoms with Crippen molar-refractivity contribution in [2.24, 2.45) is 5.92 Å². The third-order valence-corrected chi connectivity index (χ3v) is 5.52. The molecule has 4 rings (SSSR count). The van der Waals surface area contributed by atoms with Gasteiger partial charge in [-0.2, -0.15) is 26.3 Å². The molecular weight excluding hydrogens is 510 g/mol. The van der Waals surface area contributed by atoms with Gasteiger partial charge in [0.1, 0.15) is 5.75 Å². The number of anilines is 1. The number of nitrogens with one attached hydrogen (secondary N) is 1. The molecule has 3 aromatic carbocycles. The van der Waals surface area contributed by atoms with E-state index in [-0.39, 0.29) is 11.6 Å². The lowest BCUT2D eigenvalue weighted by Gasteiger charge is -2.16. The molecule has 198 valence electrons. The van der Waals surface area contributed by atoms with Gasteiger partial charge in [-0.1, -0.05) is 44.2 Å². The Morgan fingerprint density at radius 1 is 0.868 bits per heavy atom. The van der Waals surface area contributed by atoms with Gasteiger partial charge in [-0.15, -0.1) is 0 Å². The summed E-state index contributed by atoms with van der Waals surface area (Å²) in [6, 6.07) is 16.0. The summed E-state index contributed by atoms with van der Waals surface area (Å²) in [6.07, 6.45) is -10.1. The van der Waals surface area contributed by atoms with Crippen LogP contribution in [0, 0.1) is 5.92 Å². The average Bonchev–Trinajstić information content (AvgIpc) is 2.85. The Morgan fingerprint density at radius 2 is 1.53 bits per heavy atom. The van der Waals surface area contributed by atoms with Crippen LogP contribution in [-0.4, -0.2) is 17.5 Å². The second-order valence-electron chi connectivity index (χ2n) is 9.05. The lowest BCUT2D eigenvalue weighted by atomic mass is 10.0. The van der Waals surface area contributed by atoms with Gasteiger partial charge in [-0.25, -0.2) is 4.98 Å². The second-order valence-corrected chi connectivity index (χ2v) is 9.05. The Balaban J connectivity index is 1.76. The average molecular weight is 532 g/mol. The number of hydrogen-bond donors (Lipinski definition) is 1. The Hall–Kier alpha value is -4.08. The van der Waals surface area contributed by atoms with Gasteiger partial charge >= 0.3 is 12.4 Å². The molecule has 0 aliphatic heterocycles. The predicted molar refractivity (Wildman–Crippen MR) is 132 cm³/mol. The molecule has 0 spiro atoms. The predicted octanol–water partition coefficient (Wildman–Crippen LogP) is 8.23. The smallest absolute Gasteiger partial charge is 0.416 e. The number of halogens is 6. The summed E-state index contributed by atoms with van der Waals surface area (Å²) in [6.45, 7) is 4.49. The van der Waals surface area contributed by atoms with E-state index in [2.05, 4.69) is 10.3 Å². The maximum atomic E-state index is 13.3. The van der Waals surface area contributed by atoms with E-state index < -0.39 is 35.1 Å². The number of alkyl halides is 6. The van der Waals surface area contributed by atoms with Crippen molar-refractivity contribution in [1.29, 1.82) is 0 Å². The Labute approximate surface area is 214 Å². The number of benzene rings is 3. The normalized spacial score (nSPS) is 12.1. The van der Waals surface area contributed by atoms with Crippen LogP contribution < -0.4 is 10.1 Å². The van der Waals surface area contributed by atoms with Crippen LogP contribution in [0.2, 0.25) is 0 Å². The van der Waals surface area contributed by atoms with Gasteiger partial charge in [0.15, 0.2) is 0 Å². The SMILES string of the molecule is CC(C)COc1cccc(-c2cc(C(=O)Nc3cc(C(F)(F)F)cc(C(F)(F)F)c3)c3ccccc3n2)c1. The maximum absolute atomic E-state index is 13.3. The second kappa shape index (κ2) is 10.4. The van der Waals surface area contributed by atoms with Gasteiger partial charge in [-0.3, -0.25) is 4.79 Å². The molecule has 1 heterocycles. The highest BCUT2D eigenvalue weighted by molar-refractivity contribution is 6.13. The van der Waals surface area contributed by atoms with Crippen molar-refractivity contribution in [3.8, 4) is 17.0 Å². The number of nitrogens with zero attached hydrogens (tertiary/aromatic N) is 1. The summed E-state index contributed by atoms with van der Waals surface area (Å²) in [7, 11) is 0. The first-order chi connectivity index (χ1) is 17.8. The third kappa shape index (κ3) is 6.24. The van der Waals surface area contributed by atoms with Crippen LogP contribution in [0.5, 0.6) is 5.75 Å². The molecular formula is C28H22F6N2O2. The van der Waals surface area contributed by atoms with Gasteiger partial charge in [0, 0.05) is 16.6 Å². The zero-order valence-electron chi connectivity index (χ0n) is 20.2. The van der Waals surface area contributed by atoms with Gasteiger partial charge in [0.2, 0.25) is 0 Å². The van der Waals surface area contributed by atoms with Crippen LogP contribution in [0.25, 0.3) is 22.2 Å². The Bertz CT molecular complexity index is 1450. The standard InChI is InChI=1S/C28H22F6N2O2/c1-16(2)15-38-21-7-5-6-17(10-21)25-14-23(22-8-3-4-9-24(22)36-25)26(37)35-20-12-18(27(29,30)31)11-19(13-20)28(32,33)34/h3-14,16H,15H2,1-2H3,(H,35,37). The van der Waals surface area contributed by atoms with E-state index in [1.165, 1.54) is 6.07 Å². The number of aromatic nitrogens is 1. The van der Waals surface area contributed by atoms with Crippen LogP contribution >= 0.6 is 0 Å². The van der Waals surface area contributed by atoms with Crippen molar-refractivity contribution in [2.75, 3.05) is 11.9 Å². The number of rotatable bonds is 6. The summed E-state index contributed by atoms with van der Waals surface area (Å²) in [5.74, 6) is -0.00762. The minimum atomic E-state index is -5.04. The molecule has 1 amide bonds. The van der Waals surface area contributed by atoms with Gasteiger partial charge in [0.25, 0.3) is 5.91 Å². The fourth-order valence-corrected chi connectivity index (χ4v) is 3.74. The van der Waals surface area contributed by atoms with Crippen molar-refractivity contribution in [3.63, 3.8) is 0 Å². The van der Waals surface area contributed by atoms with E-state index in [9.17, 15) is 31.1 Å². The Kier molecular flexibility index (Phi) is 7.35. The number of carbonyl (C=O) groups excluding carboxylic acids is 1. The number of para-hydroxylation sites is 1. The summed E-state index contributed by atoms with van der Waals surface area (Å²) >= 11 is 0. The minimum absolute atomic E-state index is 0.00391. The molecule has 38 heavy (non-hydrogen) atoms. The molecule has 1 N–H and O–H groups in total. The van der Waals surface area contributed by atoms with E-state index in [1.807, 2.05) is 13.8 Å². The minimum Gasteiger partial charge on any atom is -0.493 e. The lowest BCUT2D eigenvalue weighted by Crippen LogP contribution is -2.16. The van der Waals surface area contributed by atoms with E-state index in [4.69, 9.17) is 4.74 Å². The molecule has 0 saturated carbocycles. The zero-order chi connectivity index (χ0) is 27.7. The maximum Gasteiger partial charge on any atom is 0.416 e. The quantitative estimate of drug-likeness (QED) is 0.255. The van der Waals surface area contributed by atoms with E-state index in [0.29, 0.717) is 52.6 Å². The van der Waals surface area contributed by atoms with Crippen molar-refractivity contribution >= 4 is 22.5 Å². The Morgan fingerprint density at radius 3 is 2.16 bits per heavy atom. The van der Waals surface area contributed by atoms with Crippen molar-refractivity contribution < 1.29 is 35.9 Å². The third-order valence-electron chi connectivity index (χ3n) is 5.52. The summed E-state index contributed by atoms with van der Waals surface area (Å²) in [5, 5.41) is 2.59. The molecule has 1 aromatic heterocycles. The first-order valence-corrected chi connectivity index (χ1v) is 11.5. The molecule has 0 radical (unpaired) electrons. The molecule has 4 nitrogen and oxygen atoms in total. The number of amides is 1. The highest BCUT2D eigenvalue weighted by Gasteiger charge is 2.37. The van der Waals surface area contributed by atoms with Crippen LogP contribution in [0.3, 0.4) is 0 Å². The van der Waals surface area contributed by atoms with Crippen LogP contribution in [0.1, 0.15) is 35.3 Å². The molecule has 0 aliphatic carbocycles. The molecule has 0 atom stereocenters. The number of carbonyl (C=O) groups is 1. The van der Waals surface area contributed by atoms with Crippen molar-refractivity contribution in [2.45, 2.75) is 26.2 Å². The van der Waals surface area contributed by atoms with Gasteiger partial charge in [-0.05, 0) is 48.4 Å². The van der Waals surface area contributed by atoms with Gasteiger partial charge < -0.3 is 10.1 Å². The van der Waals surface area contributed by atoms with Crippen LogP contribution in [-0.2, 0) is 12.4 Å². The van der Waals surface area contributed by atoms with Crippen LogP contribution in [0.15, 0.2) is 72.8 Å². The number of ether oxygens (including phenoxy) is 1. The molecule has 0 saturated heterocycles. The van der Waals surface area contributed by atoms with E-state index >= 15 is 0 Å². The summed E-state index contributed by atoms with van der Waals surface area (Å²) in [5.41, 5.74) is -2.24. The van der Waals surface area contributed by atoms with Crippen molar-refractivity contribution in [3.05, 3.63) is 89.5 Å². The topological polar surface area (TPSA) is 51.2 Å². The highest BCUT2D eigenvalue weighted by atomic mass is 19.4. The lowest BCUT2D eigenvalue weighted by molar-refractivity contribution is -0.143. The van der Waals surface area contributed by atoms with Gasteiger partial charge in [0.05, 0.1) is 34.5 Å². The summed E-state index contributed by atoms with van der Waals surface area (Å²) < 4.78 is 85.4. The highest BCUT2D eigenvalue weighted by Crippen LogP contribution is 2.38. The largest absolute Gasteiger partial charge is 0.493 e. The fourth-order valence-electron chi connectivity index (χ4n) is 3.74.